The quantitative estimate of drug-likeness (QED) is 0.846. The molecule has 1 unspecified atom stereocenters. The van der Waals surface area contributed by atoms with Crippen molar-refractivity contribution in [2.75, 3.05) is 6.54 Å². The smallest absolute Gasteiger partial charge is 0.0361 e. The highest BCUT2D eigenvalue weighted by Crippen LogP contribution is 2.24. The van der Waals surface area contributed by atoms with Gasteiger partial charge in [-0.2, -0.15) is 0 Å². The lowest BCUT2D eigenvalue weighted by Crippen LogP contribution is -2.23. The molecule has 0 fully saturated rings. The second kappa shape index (κ2) is 6.88. The van der Waals surface area contributed by atoms with Crippen LogP contribution < -0.4 is 5.32 Å². The van der Waals surface area contributed by atoms with E-state index < -0.39 is 0 Å². The van der Waals surface area contributed by atoms with Crippen LogP contribution in [0.3, 0.4) is 0 Å². The molecule has 1 N–H and O–H groups in total. The lowest BCUT2D eigenvalue weighted by molar-refractivity contribution is 0.549. The van der Waals surface area contributed by atoms with Crippen LogP contribution in [0.15, 0.2) is 53.0 Å². The fourth-order valence-corrected chi connectivity index (χ4v) is 2.77. The van der Waals surface area contributed by atoms with Crippen molar-refractivity contribution in [2.24, 2.45) is 0 Å². The number of likely N-dealkylation sites (N-methyl/N-ethyl adjacent to an activating group) is 1. The fraction of sp³-hybridized carbons (Fsp3) is 0.294. The third-order valence-corrected chi connectivity index (χ3v) is 4.05. The summed E-state index contributed by atoms with van der Waals surface area (Å²) in [5, 5.41) is 3.58. The van der Waals surface area contributed by atoms with Gasteiger partial charge in [0.05, 0.1) is 0 Å². The molecule has 2 aromatic carbocycles. The van der Waals surface area contributed by atoms with E-state index in [2.05, 4.69) is 83.6 Å². The van der Waals surface area contributed by atoms with E-state index in [1.54, 1.807) is 0 Å². The largest absolute Gasteiger partial charge is 0.310 e. The molecular formula is C17H20BrN. The summed E-state index contributed by atoms with van der Waals surface area (Å²) in [6.07, 6.45) is 0.999. The molecule has 0 bridgehead atoms. The maximum absolute atomic E-state index is 3.64. The molecule has 19 heavy (non-hydrogen) atoms. The van der Waals surface area contributed by atoms with Crippen molar-refractivity contribution in [3.63, 3.8) is 0 Å². The van der Waals surface area contributed by atoms with E-state index in [0.717, 1.165) is 13.0 Å². The van der Waals surface area contributed by atoms with Crippen LogP contribution in [0.2, 0.25) is 0 Å². The summed E-state index contributed by atoms with van der Waals surface area (Å²) in [5.74, 6) is 0. The summed E-state index contributed by atoms with van der Waals surface area (Å²) in [7, 11) is 0. The van der Waals surface area contributed by atoms with Crippen LogP contribution in [0.25, 0.3) is 0 Å². The van der Waals surface area contributed by atoms with Crippen molar-refractivity contribution >= 4 is 15.9 Å². The van der Waals surface area contributed by atoms with Gasteiger partial charge in [0.1, 0.15) is 0 Å². The third-order valence-electron chi connectivity index (χ3n) is 3.28. The number of hydrogen-bond acceptors (Lipinski definition) is 1. The van der Waals surface area contributed by atoms with Crippen molar-refractivity contribution in [1.82, 2.24) is 5.32 Å². The lowest BCUT2D eigenvalue weighted by Gasteiger charge is -2.19. The Labute approximate surface area is 124 Å². The maximum Gasteiger partial charge on any atom is 0.0361 e. The topological polar surface area (TPSA) is 12.0 Å². The molecule has 0 amide bonds. The van der Waals surface area contributed by atoms with Gasteiger partial charge >= 0.3 is 0 Å². The molecule has 0 heterocycles. The van der Waals surface area contributed by atoms with Gasteiger partial charge in [-0.3, -0.25) is 0 Å². The van der Waals surface area contributed by atoms with Crippen LogP contribution in [-0.2, 0) is 6.42 Å². The van der Waals surface area contributed by atoms with Gasteiger partial charge in [0, 0.05) is 10.5 Å². The van der Waals surface area contributed by atoms with Gasteiger partial charge in [0.25, 0.3) is 0 Å². The lowest BCUT2D eigenvalue weighted by atomic mass is 9.97. The van der Waals surface area contributed by atoms with E-state index in [0.29, 0.717) is 6.04 Å². The van der Waals surface area contributed by atoms with Crippen LogP contribution in [0.4, 0.5) is 0 Å². The Kier molecular flexibility index (Phi) is 5.17. The van der Waals surface area contributed by atoms with Crippen molar-refractivity contribution in [3.05, 3.63) is 69.7 Å². The molecule has 1 atom stereocenters. The molecule has 0 saturated heterocycles. The highest BCUT2D eigenvalue weighted by Gasteiger charge is 2.12. The van der Waals surface area contributed by atoms with Gasteiger partial charge in [-0.25, -0.2) is 0 Å². The molecule has 0 radical (unpaired) electrons. The summed E-state index contributed by atoms with van der Waals surface area (Å²) in [6, 6.07) is 17.6. The fourth-order valence-electron chi connectivity index (χ4n) is 2.32. The van der Waals surface area contributed by atoms with Gasteiger partial charge in [-0.15, -0.1) is 0 Å². The Morgan fingerprint density at radius 3 is 2.58 bits per heavy atom. The van der Waals surface area contributed by atoms with Crippen molar-refractivity contribution in [1.29, 1.82) is 0 Å². The minimum Gasteiger partial charge on any atom is -0.310 e. The van der Waals surface area contributed by atoms with Gasteiger partial charge < -0.3 is 5.32 Å². The van der Waals surface area contributed by atoms with Crippen molar-refractivity contribution in [3.8, 4) is 0 Å². The number of nitrogens with one attached hydrogen (secondary N) is 1. The number of aryl methyl sites for hydroxylation is 1. The standard InChI is InChI=1S/C17H20BrN/c1-3-19-17(15-9-6-7-13(2)11-15)12-14-8-4-5-10-16(14)18/h4-11,17,19H,3,12H2,1-2H3. The van der Waals surface area contributed by atoms with Crippen LogP contribution in [0, 0.1) is 6.92 Å². The SMILES string of the molecule is CCNC(Cc1ccccc1Br)c1cccc(C)c1. The van der Waals surface area contributed by atoms with Gasteiger partial charge in [-0.05, 0) is 37.1 Å². The Bertz CT molecular complexity index is 536. The summed E-state index contributed by atoms with van der Waals surface area (Å²) >= 11 is 3.64. The average Bonchev–Trinajstić information content (AvgIpc) is 2.40. The van der Waals surface area contributed by atoms with E-state index in [-0.39, 0.29) is 0 Å². The van der Waals surface area contributed by atoms with Crippen LogP contribution in [0.5, 0.6) is 0 Å². The maximum atomic E-state index is 3.64. The first kappa shape index (κ1) is 14.3. The number of rotatable bonds is 5. The Morgan fingerprint density at radius 2 is 1.89 bits per heavy atom. The molecule has 0 spiro atoms. The minimum atomic E-state index is 0.364. The van der Waals surface area contributed by atoms with Gasteiger partial charge in [0.15, 0.2) is 0 Å². The highest BCUT2D eigenvalue weighted by molar-refractivity contribution is 9.10. The Balaban J connectivity index is 2.24. The Morgan fingerprint density at radius 1 is 1.11 bits per heavy atom. The molecule has 2 aromatic rings. The molecule has 0 saturated carbocycles. The molecule has 1 nitrogen and oxygen atoms in total. The van der Waals surface area contributed by atoms with Crippen LogP contribution in [-0.4, -0.2) is 6.54 Å². The van der Waals surface area contributed by atoms with Gasteiger partial charge in [0.2, 0.25) is 0 Å². The summed E-state index contributed by atoms with van der Waals surface area (Å²) in [6.45, 7) is 5.27. The van der Waals surface area contributed by atoms with Gasteiger partial charge in [-0.1, -0.05) is 70.9 Å². The molecule has 2 rings (SSSR count). The third kappa shape index (κ3) is 3.92. The molecule has 100 valence electrons. The van der Waals surface area contributed by atoms with E-state index in [1.165, 1.54) is 21.2 Å². The summed E-state index contributed by atoms with van der Waals surface area (Å²) < 4.78 is 1.19. The zero-order chi connectivity index (χ0) is 13.7. The van der Waals surface area contributed by atoms with E-state index in [1.807, 2.05) is 0 Å². The Hall–Kier alpha value is -1.12. The van der Waals surface area contributed by atoms with E-state index in [9.17, 15) is 0 Å². The first-order chi connectivity index (χ1) is 9.20. The van der Waals surface area contributed by atoms with Crippen molar-refractivity contribution in [2.45, 2.75) is 26.3 Å². The normalized spacial score (nSPS) is 12.4. The molecule has 0 aromatic heterocycles. The van der Waals surface area contributed by atoms with E-state index >= 15 is 0 Å². The number of halogens is 1. The minimum absolute atomic E-state index is 0.364. The zero-order valence-electron chi connectivity index (χ0n) is 11.5. The zero-order valence-corrected chi connectivity index (χ0v) is 13.1. The molecule has 0 aliphatic rings. The van der Waals surface area contributed by atoms with E-state index in [4.69, 9.17) is 0 Å². The predicted octanol–water partition coefficient (Wildman–Crippen LogP) is 4.65. The predicted molar refractivity (Wildman–Crippen MR) is 85.4 cm³/mol. The first-order valence-electron chi connectivity index (χ1n) is 6.74. The summed E-state index contributed by atoms with van der Waals surface area (Å²) in [4.78, 5) is 0. The second-order valence-electron chi connectivity index (χ2n) is 4.82. The molecule has 0 aliphatic carbocycles. The average molecular weight is 318 g/mol. The first-order valence-corrected chi connectivity index (χ1v) is 7.53. The molecular weight excluding hydrogens is 298 g/mol. The monoisotopic (exact) mass is 317 g/mol. The van der Waals surface area contributed by atoms with Crippen molar-refractivity contribution < 1.29 is 0 Å². The highest BCUT2D eigenvalue weighted by atomic mass is 79.9. The second-order valence-corrected chi connectivity index (χ2v) is 5.67. The van der Waals surface area contributed by atoms with Crippen LogP contribution >= 0.6 is 15.9 Å². The number of hydrogen-bond donors (Lipinski definition) is 1. The van der Waals surface area contributed by atoms with Crippen LogP contribution in [0.1, 0.15) is 29.7 Å². The number of benzene rings is 2. The molecule has 0 aliphatic heterocycles. The summed E-state index contributed by atoms with van der Waals surface area (Å²) in [5.41, 5.74) is 4.01. The molecule has 2 heteroatoms.